The molecule has 3 N–H and O–H groups in total. The molecule has 0 saturated heterocycles. The Labute approximate surface area is 143 Å². The van der Waals surface area contributed by atoms with E-state index in [9.17, 15) is 13.6 Å². The fourth-order valence-electron chi connectivity index (χ4n) is 2.54. The van der Waals surface area contributed by atoms with Gasteiger partial charge in [0.05, 0.1) is 11.4 Å². The molecule has 0 spiro atoms. The summed E-state index contributed by atoms with van der Waals surface area (Å²) < 4.78 is 30.1. The number of alkyl halides is 2. The Bertz CT molecular complexity index is 743. The molecule has 2 aromatic rings. The molecule has 1 heterocycles. The maximum absolute atomic E-state index is 12.2. The minimum Gasteiger partial charge on any atom is -0.435 e. The van der Waals surface area contributed by atoms with E-state index in [2.05, 4.69) is 20.4 Å². The topological polar surface area (TPSA) is 95.1 Å². The molecule has 1 fully saturated rings. The Balaban J connectivity index is 1.68. The van der Waals surface area contributed by atoms with Crippen molar-refractivity contribution in [2.24, 2.45) is 11.7 Å². The monoisotopic (exact) mass is 351 g/mol. The maximum Gasteiger partial charge on any atom is 0.387 e. The van der Waals surface area contributed by atoms with Gasteiger partial charge in [0, 0.05) is 12.6 Å². The first-order chi connectivity index (χ1) is 12.0. The molecule has 1 saturated carbocycles. The number of rotatable bonds is 7. The van der Waals surface area contributed by atoms with Gasteiger partial charge in [0.25, 0.3) is 5.91 Å². The lowest BCUT2D eigenvalue weighted by Crippen LogP contribution is -2.38. The molecule has 1 aromatic heterocycles. The third-order valence-corrected chi connectivity index (χ3v) is 4.14. The summed E-state index contributed by atoms with van der Waals surface area (Å²) in [5.41, 5.74) is 7.30. The quantitative estimate of drug-likeness (QED) is 0.791. The molecular formula is C16H19F2N5O2. The number of hydrogen-bond donors (Lipinski definition) is 2. The minimum absolute atomic E-state index is 0.0401. The number of hydrogen-bond acceptors (Lipinski definition) is 5. The van der Waals surface area contributed by atoms with Gasteiger partial charge in [-0.2, -0.15) is 8.78 Å². The summed E-state index contributed by atoms with van der Waals surface area (Å²) in [7, 11) is 0. The van der Waals surface area contributed by atoms with Gasteiger partial charge in [0.1, 0.15) is 5.75 Å². The van der Waals surface area contributed by atoms with Crippen LogP contribution in [0.4, 0.5) is 8.78 Å². The Kier molecular flexibility index (Phi) is 4.93. The van der Waals surface area contributed by atoms with E-state index < -0.39 is 6.61 Å². The van der Waals surface area contributed by atoms with Gasteiger partial charge in [0.2, 0.25) is 0 Å². The molecule has 0 radical (unpaired) electrons. The lowest BCUT2D eigenvalue weighted by atomic mass is 10.2. The summed E-state index contributed by atoms with van der Waals surface area (Å²) in [6.07, 6.45) is 2.22. The fraction of sp³-hybridized carbons (Fsp3) is 0.438. The Morgan fingerprint density at radius 3 is 2.68 bits per heavy atom. The Hall–Kier alpha value is -2.55. The molecule has 0 bridgehead atoms. The molecule has 1 unspecified atom stereocenters. The highest BCUT2D eigenvalue weighted by Crippen LogP contribution is 2.31. The lowest BCUT2D eigenvalue weighted by molar-refractivity contribution is -0.0498. The summed E-state index contributed by atoms with van der Waals surface area (Å²) in [6.45, 7) is -0.773. The van der Waals surface area contributed by atoms with Crippen LogP contribution in [-0.4, -0.2) is 40.1 Å². The van der Waals surface area contributed by atoms with Crippen molar-refractivity contribution in [1.82, 2.24) is 20.3 Å². The van der Waals surface area contributed by atoms with Crippen LogP contribution in [0.25, 0.3) is 5.69 Å². The number of ether oxygens (including phenoxy) is 1. The van der Waals surface area contributed by atoms with Crippen molar-refractivity contribution in [2.75, 3.05) is 6.54 Å². The summed E-state index contributed by atoms with van der Waals surface area (Å²) in [5, 5.41) is 10.6. The van der Waals surface area contributed by atoms with Crippen molar-refractivity contribution in [3.8, 4) is 11.4 Å². The summed E-state index contributed by atoms with van der Waals surface area (Å²) in [5.74, 6) is 0.201. The molecule has 1 atom stereocenters. The molecule has 134 valence electrons. The van der Waals surface area contributed by atoms with Gasteiger partial charge in [-0.3, -0.25) is 4.79 Å². The van der Waals surface area contributed by atoms with Gasteiger partial charge < -0.3 is 15.8 Å². The first kappa shape index (κ1) is 17.3. The lowest BCUT2D eigenvalue weighted by Gasteiger charge is -2.11. The molecule has 1 aliphatic carbocycles. The van der Waals surface area contributed by atoms with Crippen LogP contribution in [-0.2, 0) is 0 Å². The molecule has 3 rings (SSSR count). The van der Waals surface area contributed by atoms with Gasteiger partial charge in [-0.15, -0.1) is 5.10 Å². The van der Waals surface area contributed by atoms with E-state index in [1.165, 1.54) is 16.8 Å². The second-order valence-corrected chi connectivity index (χ2v) is 6.02. The number of benzene rings is 1. The largest absolute Gasteiger partial charge is 0.435 e. The third kappa shape index (κ3) is 4.11. The summed E-state index contributed by atoms with van der Waals surface area (Å²) >= 11 is 0. The van der Waals surface area contributed by atoms with Crippen LogP contribution < -0.4 is 15.8 Å². The SMILES string of the molecule is Cc1c(C(=O)NCC(N)C2CC2)nnn1-c1ccc(OC(F)F)cc1. The van der Waals surface area contributed by atoms with Crippen LogP contribution in [0.15, 0.2) is 24.3 Å². The van der Waals surface area contributed by atoms with Crippen molar-refractivity contribution in [2.45, 2.75) is 32.4 Å². The highest BCUT2D eigenvalue weighted by Gasteiger charge is 2.29. The van der Waals surface area contributed by atoms with E-state index in [0.29, 0.717) is 23.8 Å². The van der Waals surface area contributed by atoms with Gasteiger partial charge in [-0.05, 0) is 49.9 Å². The fourth-order valence-corrected chi connectivity index (χ4v) is 2.54. The number of halogens is 2. The van der Waals surface area contributed by atoms with Crippen LogP contribution in [0, 0.1) is 12.8 Å². The minimum atomic E-state index is -2.88. The number of carbonyl (C=O) groups excluding carboxylic acids is 1. The van der Waals surface area contributed by atoms with Crippen molar-refractivity contribution < 1.29 is 18.3 Å². The Morgan fingerprint density at radius 1 is 1.40 bits per heavy atom. The van der Waals surface area contributed by atoms with Gasteiger partial charge >= 0.3 is 6.61 Å². The van der Waals surface area contributed by atoms with Crippen LogP contribution in [0.5, 0.6) is 5.75 Å². The molecule has 0 aliphatic heterocycles. The van der Waals surface area contributed by atoms with Crippen molar-refractivity contribution >= 4 is 5.91 Å². The smallest absolute Gasteiger partial charge is 0.387 e. The summed E-state index contributed by atoms with van der Waals surface area (Å²) in [4.78, 5) is 12.2. The molecule has 1 amide bonds. The standard InChI is InChI=1S/C16H19F2N5O2/c1-9-14(15(24)20-8-13(19)10-2-3-10)21-22-23(9)11-4-6-12(7-5-11)25-16(17)18/h4-7,10,13,16H,2-3,8,19H2,1H3,(H,20,24). The third-order valence-electron chi connectivity index (χ3n) is 4.14. The predicted molar refractivity (Wildman–Crippen MR) is 85.8 cm³/mol. The zero-order valence-corrected chi connectivity index (χ0v) is 13.7. The molecular weight excluding hydrogens is 332 g/mol. The van der Waals surface area contributed by atoms with E-state index >= 15 is 0 Å². The molecule has 7 nitrogen and oxygen atoms in total. The molecule has 9 heteroatoms. The maximum atomic E-state index is 12.2. The number of nitrogens with two attached hydrogens (primary N) is 1. The zero-order valence-electron chi connectivity index (χ0n) is 13.7. The number of amides is 1. The first-order valence-corrected chi connectivity index (χ1v) is 7.97. The Morgan fingerprint density at radius 2 is 2.08 bits per heavy atom. The van der Waals surface area contributed by atoms with Crippen molar-refractivity contribution in [3.05, 3.63) is 35.7 Å². The van der Waals surface area contributed by atoms with Crippen LogP contribution in [0.3, 0.4) is 0 Å². The average Bonchev–Trinajstić information content (AvgIpc) is 3.36. The first-order valence-electron chi connectivity index (χ1n) is 7.97. The number of nitrogens with zero attached hydrogens (tertiary/aromatic N) is 3. The molecule has 25 heavy (non-hydrogen) atoms. The van der Waals surface area contributed by atoms with Gasteiger partial charge in [0.15, 0.2) is 5.69 Å². The van der Waals surface area contributed by atoms with E-state index in [-0.39, 0.29) is 23.4 Å². The average molecular weight is 351 g/mol. The van der Waals surface area contributed by atoms with E-state index in [4.69, 9.17) is 5.73 Å². The second kappa shape index (κ2) is 7.14. The van der Waals surface area contributed by atoms with Crippen LogP contribution in [0.1, 0.15) is 29.0 Å². The predicted octanol–water partition coefficient (Wildman–Crippen LogP) is 1.64. The van der Waals surface area contributed by atoms with Crippen LogP contribution >= 0.6 is 0 Å². The highest BCUT2D eigenvalue weighted by molar-refractivity contribution is 5.93. The van der Waals surface area contributed by atoms with Crippen molar-refractivity contribution in [3.63, 3.8) is 0 Å². The second-order valence-electron chi connectivity index (χ2n) is 6.02. The molecule has 1 aliphatic rings. The number of nitrogens with one attached hydrogen (secondary N) is 1. The molecule has 1 aromatic carbocycles. The van der Waals surface area contributed by atoms with E-state index in [1.54, 1.807) is 19.1 Å². The van der Waals surface area contributed by atoms with Gasteiger partial charge in [-0.25, -0.2) is 4.68 Å². The normalized spacial score (nSPS) is 15.2. The highest BCUT2D eigenvalue weighted by atomic mass is 19.3. The van der Waals surface area contributed by atoms with E-state index in [0.717, 1.165) is 12.8 Å². The van der Waals surface area contributed by atoms with Crippen molar-refractivity contribution in [1.29, 1.82) is 0 Å². The van der Waals surface area contributed by atoms with E-state index in [1.807, 2.05) is 0 Å². The summed E-state index contributed by atoms with van der Waals surface area (Å²) in [6, 6.07) is 5.88. The van der Waals surface area contributed by atoms with Crippen LogP contribution in [0.2, 0.25) is 0 Å². The zero-order chi connectivity index (χ0) is 18.0. The number of aromatic nitrogens is 3. The van der Waals surface area contributed by atoms with Gasteiger partial charge in [-0.1, -0.05) is 5.21 Å². The number of carbonyl (C=O) groups is 1.